The van der Waals surface area contributed by atoms with E-state index in [1.807, 2.05) is 24.3 Å². The van der Waals surface area contributed by atoms with Crippen LogP contribution in [0.15, 0.2) is 97.1 Å². The van der Waals surface area contributed by atoms with Crippen molar-refractivity contribution in [3.63, 3.8) is 0 Å². The summed E-state index contributed by atoms with van der Waals surface area (Å²) in [7, 11) is 4.13. The fraction of sp³-hybridized carbons (Fsp3) is 0.0667. The number of benzene rings is 4. The van der Waals surface area contributed by atoms with Gasteiger partial charge in [-0.1, -0.05) is 84.9 Å². The molecule has 0 aliphatic rings. The fourth-order valence-electron chi connectivity index (χ4n) is 4.49. The van der Waals surface area contributed by atoms with Crippen LogP contribution in [0, 0.1) is 0 Å². The van der Waals surface area contributed by atoms with E-state index in [1.54, 1.807) is 0 Å². The molecule has 34 heavy (non-hydrogen) atoms. The Morgan fingerprint density at radius 2 is 0.882 bits per heavy atom. The van der Waals surface area contributed by atoms with Crippen molar-refractivity contribution in [2.75, 3.05) is 0 Å². The second-order valence-electron chi connectivity index (χ2n) is 8.54. The molecule has 164 valence electrons. The number of para-hydroxylation sites is 4. The summed E-state index contributed by atoms with van der Waals surface area (Å²) in [5.74, 6) is 1.96. The minimum Gasteiger partial charge on any atom is -0.327 e. The van der Waals surface area contributed by atoms with Crippen LogP contribution in [0.5, 0.6) is 0 Å². The van der Waals surface area contributed by atoms with Crippen molar-refractivity contribution in [2.24, 2.45) is 14.1 Å². The van der Waals surface area contributed by atoms with Crippen LogP contribution < -0.4 is 0 Å². The van der Waals surface area contributed by atoms with Gasteiger partial charge in [0.2, 0.25) is 0 Å². The zero-order chi connectivity index (χ0) is 23.1. The highest BCUT2D eigenvalue weighted by atomic mass is 15.1. The molecular weight excluding hydrogens is 416 g/mol. The molecule has 0 fully saturated rings. The molecule has 0 spiro atoms. The van der Waals surface area contributed by atoms with E-state index >= 15 is 0 Å². The van der Waals surface area contributed by atoms with Crippen LogP contribution in [0.3, 0.4) is 0 Å². The van der Waals surface area contributed by atoms with Crippen molar-refractivity contribution in [2.45, 2.75) is 0 Å². The van der Waals surface area contributed by atoms with Gasteiger partial charge >= 0.3 is 0 Å². The average molecular weight is 441 g/mol. The van der Waals surface area contributed by atoms with E-state index in [4.69, 9.17) is 9.97 Å². The fourth-order valence-corrected chi connectivity index (χ4v) is 4.49. The summed E-state index contributed by atoms with van der Waals surface area (Å²) in [6.07, 6.45) is 4.28. The van der Waals surface area contributed by atoms with Crippen LogP contribution in [0.25, 0.3) is 57.0 Å². The van der Waals surface area contributed by atoms with Crippen molar-refractivity contribution < 1.29 is 0 Å². The topological polar surface area (TPSA) is 35.6 Å². The maximum Gasteiger partial charge on any atom is 0.140 e. The highest BCUT2D eigenvalue weighted by Gasteiger charge is 2.10. The molecule has 0 amide bonds. The Kier molecular flexibility index (Phi) is 4.84. The molecular formula is C30H24N4. The minimum absolute atomic E-state index is 0.981. The smallest absolute Gasteiger partial charge is 0.140 e. The van der Waals surface area contributed by atoms with Crippen LogP contribution in [-0.2, 0) is 14.1 Å². The molecule has 0 aliphatic heterocycles. The van der Waals surface area contributed by atoms with Gasteiger partial charge in [0.1, 0.15) is 11.6 Å². The first kappa shape index (κ1) is 20.2. The third-order valence-corrected chi connectivity index (χ3v) is 6.38. The van der Waals surface area contributed by atoms with E-state index in [9.17, 15) is 0 Å². The first-order valence-corrected chi connectivity index (χ1v) is 11.4. The van der Waals surface area contributed by atoms with Crippen molar-refractivity contribution in [3.05, 3.63) is 108 Å². The molecule has 4 nitrogen and oxygen atoms in total. The number of rotatable bonds is 4. The van der Waals surface area contributed by atoms with Crippen LogP contribution in [0.1, 0.15) is 11.1 Å². The Balaban J connectivity index is 1.22. The Hall–Kier alpha value is -4.44. The van der Waals surface area contributed by atoms with Gasteiger partial charge in [0.15, 0.2) is 0 Å². The van der Waals surface area contributed by atoms with Crippen LogP contribution in [0.4, 0.5) is 0 Å². The zero-order valence-corrected chi connectivity index (χ0v) is 19.2. The summed E-state index contributed by atoms with van der Waals surface area (Å²) in [4.78, 5) is 9.59. The molecule has 2 heterocycles. The van der Waals surface area contributed by atoms with Gasteiger partial charge in [0, 0.05) is 25.2 Å². The minimum atomic E-state index is 0.981. The van der Waals surface area contributed by atoms with Crippen molar-refractivity contribution >= 4 is 34.2 Å². The van der Waals surface area contributed by atoms with Crippen LogP contribution in [-0.4, -0.2) is 19.1 Å². The van der Waals surface area contributed by atoms with Crippen molar-refractivity contribution in [1.29, 1.82) is 0 Å². The number of aromatic nitrogens is 4. The van der Waals surface area contributed by atoms with Gasteiger partial charge in [-0.2, -0.15) is 0 Å². The summed E-state index contributed by atoms with van der Waals surface area (Å²) in [6.45, 7) is 0. The molecule has 0 bridgehead atoms. The first-order chi connectivity index (χ1) is 16.7. The molecule has 0 saturated carbocycles. The number of fused-ring (bicyclic) bond motifs is 2. The van der Waals surface area contributed by atoms with Gasteiger partial charge in [-0.05, 0) is 35.4 Å². The predicted octanol–water partition coefficient (Wildman–Crippen LogP) is 6.96. The molecule has 0 radical (unpaired) electrons. The highest BCUT2D eigenvalue weighted by molar-refractivity contribution is 5.82. The van der Waals surface area contributed by atoms with Gasteiger partial charge in [-0.15, -0.1) is 0 Å². The van der Waals surface area contributed by atoms with Crippen molar-refractivity contribution in [1.82, 2.24) is 19.1 Å². The number of nitrogens with zero attached hydrogens (tertiary/aromatic N) is 4. The van der Waals surface area contributed by atoms with Gasteiger partial charge < -0.3 is 9.13 Å². The summed E-state index contributed by atoms with van der Waals surface area (Å²) in [5, 5.41) is 0. The summed E-state index contributed by atoms with van der Waals surface area (Å²) in [6, 6.07) is 33.5. The largest absolute Gasteiger partial charge is 0.327 e. The lowest BCUT2D eigenvalue weighted by Gasteiger charge is -2.04. The monoisotopic (exact) mass is 440 g/mol. The van der Waals surface area contributed by atoms with Crippen LogP contribution >= 0.6 is 0 Å². The predicted molar refractivity (Wildman–Crippen MR) is 141 cm³/mol. The molecule has 0 aliphatic carbocycles. The van der Waals surface area contributed by atoms with Gasteiger partial charge in [0.25, 0.3) is 0 Å². The molecule has 0 N–H and O–H groups in total. The van der Waals surface area contributed by atoms with E-state index in [2.05, 4.69) is 108 Å². The Morgan fingerprint density at radius 3 is 1.26 bits per heavy atom. The van der Waals surface area contributed by atoms with Gasteiger partial charge in [-0.3, -0.25) is 0 Å². The SMILES string of the molecule is Cn1c(-c2ccc(C=Cc3ccc(-c4nc5ccccc5n4C)cc3)cc2)nc2ccccc21. The summed E-state index contributed by atoms with van der Waals surface area (Å²) < 4.78 is 4.29. The Morgan fingerprint density at radius 1 is 0.500 bits per heavy atom. The number of hydrogen-bond donors (Lipinski definition) is 0. The lowest BCUT2D eigenvalue weighted by Crippen LogP contribution is -1.92. The molecule has 2 aromatic heterocycles. The maximum absolute atomic E-state index is 4.80. The van der Waals surface area contributed by atoms with E-state index in [-0.39, 0.29) is 0 Å². The van der Waals surface area contributed by atoms with Crippen molar-refractivity contribution in [3.8, 4) is 22.8 Å². The standard InChI is InChI=1S/C30H24N4/c1-33-27-9-5-3-7-25(27)31-29(33)23-17-13-21(14-18-23)11-12-22-15-19-24(20-16-22)30-32-26-8-4-6-10-28(26)34(30)2/h3-20H,1-2H3. The molecule has 0 atom stereocenters. The maximum atomic E-state index is 4.80. The zero-order valence-electron chi connectivity index (χ0n) is 19.2. The molecule has 4 heteroatoms. The molecule has 6 rings (SSSR count). The van der Waals surface area contributed by atoms with E-state index in [0.717, 1.165) is 56.0 Å². The quantitative estimate of drug-likeness (QED) is 0.278. The van der Waals surface area contributed by atoms with E-state index in [1.165, 1.54) is 0 Å². The van der Waals surface area contributed by atoms with E-state index in [0.29, 0.717) is 0 Å². The Labute approximate surface area is 198 Å². The summed E-state index contributed by atoms with van der Waals surface area (Å²) >= 11 is 0. The first-order valence-electron chi connectivity index (χ1n) is 11.4. The number of aryl methyl sites for hydroxylation is 2. The second kappa shape index (κ2) is 8.16. The highest BCUT2D eigenvalue weighted by Crippen LogP contribution is 2.26. The molecule has 0 saturated heterocycles. The lowest BCUT2D eigenvalue weighted by atomic mass is 10.1. The van der Waals surface area contributed by atoms with E-state index < -0.39 is 0 Å². The number of imidazole rings is 2. The van der Waals surface area contributed by atoms with Crippen LogP contribution in [0.2, 0.25) is 0 Å². The second-order valence-corrected chi connectivity index (χ2v) is 8.54. The van der Waals surface area contributed by atoms with Gasteiger partial charge in [0.05, 0.1) is 22.1 Å². The van der Waals surface area contributed by atoms with Gasteiger partial charge in [-0.25, -0.2) is 9.97 Å². The molecule has 0 unspecified atom stereocenters. The molecule has 4 aromatic carbocycles. The third kappa shape index (κ3) is 3.50. The average Bonchev–Trinajstić information content (AvgIpc) is 3.41. The number of hydrogen-bond acceptors (Lipinski definition) is 2. The Bertz CT molecular complexity index is 1520. The lowest BCUT2D eigenvalue weighted by molar-refractivity contribution is 0.959. The molecule has 6 aromatic rings. The third-order valence-electron chi connectivity index (χ3n) is 6.38. The summed E-state index contributed by atoms with van der Waals surface area (Å²) in [5.41, 5.74) is 8.86. The normalized spacial score (nSPS) is 11.7.